The van der Waals surface area contributed by atoms with E-state index in [1.807, 2.05) is 59.5 Å². The number of hydrogen-bond donors (Lipinski definition) is 0. The number of likely N-dealkylation sites (tertiary alicyclic amines) is 1. The minimum absolute atomic E-state index is 0.0365. The summed E-state index contributed by atoms with van der Waals surface area (Å²) in [4.78, 5) is 28.2. The molecule has 2 aromatic carbocycles. The van der Waals surface area contributed by atoms with E-state index in [-0.39, 0.29) is 17.6 Å². The third-order valence-corrected chi connectivity index (χ3v) is 7.68. The maximum atomic E-state index is 12.9. The molecule has 0 aliphatic carbocycles. The summed E-state index contributed by atoms with van der Waals surface area (Å²) in [5, 5.41) is 0. The number of carbonyl (C=O) groups is 2. The Kier molecular flexibility index (Phi) is 5.41. The van der Waals surface area contributed by atoms with Crippen LogP contribution in [0, 0.1) is 0 Å². The molecule has 2 aliphatic heterocycles. The summed E-state index contributed by atoms with van der Waals surface area (Å²) in [6.45, 7) is 0.982. The largest absolute Gasteiger partial charge is 0.497 e. The number of ether oxygens (including phenoxy) is 1. The monoisotopic (exact) mass is 412 g/mol. The fourth-order valence-electron chi connectivity index (χ4n) is 4.22. The van der Waals surface area contributed by atoms with Gasteiger partial charge in [-0.3, -0.25) is 18.7 Å². The lowest BCUT2D eigenvalue weighted by atomic mass is 10.00. The van der Waals surface area contributed by atoms with Crippen LogP contribution in [0.25, 0.3) is 0 Å². The molecule has 1 spiro atoms. The lowest BCUT2D eigenvalue weighted by Crippen LogP contribution is -2.56. The molecule has 1 atom stereocenters. The third-order valence-electron chi connectivity index (χ3n) is 5.74. The van der Waals surface area contributed by atoms with Gasteiger partial charge in [0.2, 0.25) is 11.8 Å². The predicted molar refractivity (Wildman–Crippen MR) is 112 cm³/mol. The molecule has 7 heteroatoms. The van der Waals surface area contributed by atoms with Crippen molar-refractivity contribution in [3.05, 3.63) is 60.2 Å². The molecule has 4 rings (SSSR count). The zero-order chi connectivity index (χ0) is 20.4. The lowest BCUT2D eigenvalue weighted by Gasteiger charge is -2.43. The van der Waals surface area contributed by atoms with Crippen LogP contribution in [0.4, 0.5) is 5.69 Å². The Morgan fingerprint density at radius 1 is 1.10 bits per heavy atom. The van der Waals surface area contributed by atoms with E-state index >= 15 is 0 Å². The number of nitrogens with zero attached hydrogens (tertiary/aromatic N) is 2. The minimum Gasteiger partial charge on any atom is -0.497 e. The van der Waals surface area contributed by atoms with Crippen molar-refractivity contribution in [1.29, 1.82) is 0 Å². The molecular weight excluding hydrogens is 388 g/mol. The van der Waals surface area contributed by atoms with Gasteiger partial charge in [0.15, 0.2) is 0 Å². The van der Waals surface area contributed by atoms with Crippen LogP contribution in [-0.4, -0.2) is 51.7 Å². The molecule has 0 bridgehead atoms. The second-order valence-electron chi connectivity index (χ2n) is 7.41. The van der Waals surface area contributed by atoms with Gasteiger partial charge < -0.3 is 9.64 Å². The molecule has 2 fully saturated rings. The summed E-state index contributed by atoms with van der Waals surface area (Å²) in [7, 11) is 0.327. The van der Waals surface area contributed by atoms with Crippen LogP contribution in [0.3, 0.4) is 0 Å². The molecule has 1 unspecified atom stereocenters. The van der Waals surface area contributed by atoms with Crippen LogP contribution < -0.4 is 9.64 Å². The number of rotatable bonds is 4. The number of methoxy groups -OCH3 is 1. The van der Waals surface area contributed by atoms with Crippen molar-refractivity contribution < 1.29 is 18.5 Å². The SMILES string of the molecule is COc1cccc(CC(=O)N2CCC3(CC2)N(c2ccccc2)C(=O)CS3=O)c1. The zero-order valence-corrected chi connectivity index (χ0v) is 17.2. The topological polar surface area (TPSA) is 66.9 Å². The summed E-state index contributed by atoms with van der Waals surface area (Å²) in [5.41, 5.74) is 1.68. The van der Waals surface area contributed by atoms with Gasteiger partial charge in [-0.1, -0.05) is 30.3 Å². The minimum atomic E-state index is -1.28. The van der Waals surface area contributed by atoms with E-state index in [1.165, 1.54) is 0 Å². The van der Waals surface area contributed by atoms with E-state index in [4.69, 9.17) is 4.74 Å². The van der Waals surface area contributed by atoms with Gasteiger partial charge in [0.1, 0.15) is 16.4 Å². The van der Waals surface area contributed by atoms with Crippen molar-refractivity contribution in [3.63, 3.8) is 0 Å². The first-order valence-corrected chi connectivity index (χ1v) is 11.0. The van der Waals surface area contributed by atoms with Crippen molar-refractivity contribution >= 4 is 28.3 Å². The Balaban J connectivity index is 1.48. The number of amides is 2. The number of hydrogen-bond acceptors (Lipinski definition) is 4. The molecule has 0 saturated carbocycles. The number of anilines is 1. The lowest BCUT2D eigenvalue weighted by molar-refractivity contribution is -0.131. The number of para-hydroxylation sites is 1. The van der Waals surface area contributed by atoms with Crippen LogP contribution in [0.1, 0.15) is 18.4 Å². The van der Waals surface area contributed by atoms with Gasteiger partial charge in [-0.25, -0.2) is 0 Å². The zero-order valence-electron chi connectivity index (χ0n) is 16.4. The molecule has 0 N–H and O–H groups in total. The molecule has 2 heterocycles. The molecular formula is C22H24N2O4S. The number of carbonyl (C=O) groups excluding carboxylic acids is 2. The standard InChI is InChI=1S/C22H24N2O4S/c1-28-19-9-5-6-17(14-19)15-20(25)23-12-10-22(11-13-23)24(21(26)16-29(22)27)18-7-3-2-4-8-18/h2-9,14H,10-13,15-16H2,1H3. The quantitative estimate of drug-likeness (QED) is 0.773. The van der Waals surface area contributed by atoms with Gasteiger partial charge in [0.05, 0.1) is 24.3 Å². The highest BCUT2D eigenvalue weighted by Gasteiger charge is 2.53. The van der Waals surface area contributed by atoms with Crippen LogP contribution >= 0.6 is 0 Å². The average Bonchev–Trinajstić information content (AvgIpc) is 2.98. The van der Waals surface area contributed by atoms with E-state index in [9.17, 15) is 13.8 Å². The fourth-order valence-corrected chi connectivity index (χ4v) is 5.89. The molecule has 2 amide bonds. The highest BCUT2D eigenvalue weighted by atomic mass is 32.2. The third kappa shape index (κ3) is 3.67. The van der Waals surface area contributed by atoms with Gasteiger partial charge in [0, 0.05) is 31.6 Å². The maximum absolute atomic E-state index is 12.9. The van der Waals surface area contributed by atoms with Crippen LogP contribution in [0.15, 0.2) is 54.6 Å². The second kappa shape index (κ2) is 7.99. The Hall–Kier alpha value is -2.67. The summed E-state index contributed by atoms with van der Waals surface area (Å²) < 4.78 is 18.1. The Morgan fingerprint density at radius 2 is 1.83 bits per heavy atom. The Bertz CT molecular complexity index is 939. The van der Waals surface area contributed by atoms with Crippen LogP contribution in [0.2, 0.25) is 0 Å². The summed E-state index contributed by atoms with van der Waals surface area (Å²) in [6, 6.07) is 16.9. The summed E-state index contributed by atoms with van der Waals surface area (Å²) >= 11 is 0. The second-order valence-corrected chi connectivity index (χ2v) is 9.15. The van der Waals surface area contributed by atoms with Gasteiger partial charge in [-0.2, -0.15) is 0 Å². The summed E-state index contributed by atoms with van der Waals surface area (Å²) in [5.74, 6) is 0.707. The first kappa shape index (κ1) is 19.6. The Labute approximate surface area is 172 Å². The molecule has 2 aromatic rings. The summed E-state index contributed by atoms with van der Waals surface area (Å²) in [6.07, 6.45) is 1.34. The van der Waals surface area contributed by atoms with Gasteiger partial charge in [-0.05, 0) is 29.8 Å². The molecule has 0 aromatic heterocycles. The predicted octanol–water partition coefficient (Wildman–Crippen LogP) is 2.35. The van der Waals surface area contributed by atoms with Gasteiger partial charge in [0.25, 0.3) is 0 Å². The first-order chi connectivity index (χ1) is 14.0. The molecule has 152 valence electrons. The van der Waals surface area contributed by atoms with E-state index < -0.39 is 15.7 Å². The normalized spacial score (nSPS) is 20.9. The van der Waals surface area contributed by atoms with E-state index in [1.54, 1.807) is 12.0 Å². The number of benzene rings is 2. The first-order valence-electron chi connectivity index (χ1n) is 9.71. The van der Waals surface area contributed by atoms with Crippen molar-refractivity contribution in [1.82, 2.24) is 4.90 Å². The van der Waals surface area contributed by atoms with E-state index in [2.05, 4.69) is 0 Å². The van der Waals surface area contributed by atoms with Crippen molar-refractivity contribution in [3.8, 4) is 5.75 Å². The average molecular weight is 413 g/mol. The molecule has 6 nitrogen and oxygen atoms in total. The molecule has 0 radical (unpaired) electrons. The van der Waals surface area contributed by atoms with Crippen molar-refractivity contribution in [2.45, 2.75) is 24.1 Å². The van der Waals surface area contributed by atoms with Crippen molar-refractivity contribution in [2.24, 2.45) is 0 Å². The van der Waals surface area contributed by atoms with Crippen LogP contribution in [-0.2, 0) is 26.8 Å². The van der Waals surface area contributed by atoms with E-state index in [0.29, 0.717) is 32.4 Å². The smallest absolute Gasteiger partial charge is 0.240 e. The van der Waals surface area contributed by atoms with Crippen molar-refractivity contribution in [2.75, 3.05) is 30.9 Å². The maximum Gasteiger partial charge on any atom is 0.240 e. The molecule has 2 saturated heterocycles. The number of piperidine rings is 1. The fraction of sp³-hybridized carbons (Fsp3) is 0.364. The van der Waals surface area contributed by atoms with Gasteiger partial charge >= 0.3 is 0 Å². The highest BCUT2D eigenvalue weighted by molar-refractivity contribution is 7.88. The van der Waals surface area contributed by atoms with Crippen LogP contribution in [0.5, 0.6) is 5.75 Å². The highest BCUT2D eigenvalue weighted by Crippen LogP contribution is 2.40. The van der Waals surface area contributed by atoms with E-state index in [0.717, 1.165) is 17.0 Å². The molecule has 2 aliphatic rings. The van der Waals surface area contributed by atoms with Gasteiger partial charge in [-0.15, -0.1) is 0 Å². The Morgan fingerprint density at radius 3 is 2.52 bits per heavy atom. The molecule has 29 heavy (non-hydrogen) atoms.